The summed E-state index contributed by atoms with van der Waals surface area (Å²) in [4.78, 5) is 0. The number of benzene rings is 1. The van der Waals surface area contributed by atoms with Gasteiger partial charge in [-0.3, -0.25) is 0 Å². The van der Waals surface area contributed by atoms with Gasteiger partial charge in [0, 0.05) is 11.7 Å². The van der Waals surface area contributed by atoms with Crippen molar-refractivity contribution in [2.75, 3.05) is 0 Å². The Labute approximate surface area is 110 Å². The molecule has 92 valence electrons. The molecule has 0 unspecified atom stereocenters. The van der Waals surface area contributed by atoms with E-state index in [0.29, 0.717) is 22.4 Å². The second-order valence-electron chi connectivity index (χ2n) is 4.12. The van der Waals surface area contributed by atoms with Crippen LogP contribution in [-0.4, -0.2) is 10.2 Å². The van der Waals surface area contributed by atoms with Crippen molar-refractivity contribution in [2.45, 2.75) is 30.7 Å². The number of nitriles is 1. The molecule has 0 amide bonds. The molecule has 0 atom stereocenters. The summed E-state index contributed by atoms with van der Waals surface area (Å²) in [6, 6.07) is 9.70. The molecule has 0 fully saturated rings. The lowest BCUT2D eigenvalue weighted by Gasteiger charge is -2.00. The lowest BCUT2D eigenvalue weighted by atomic mass is 10.1. The molecule has 0 radical (unpaired) electrons. The molecular weight excluding hydrogens is 246 g/mol. The first-order valence-corrected chi connectivity index (χ1v) is 6.63. The Balaban J connectivity index is 2.05. The number of hydrogen-bond donors (Lipinski definition) is 0. The fourth-order valence-corrected chi connectivity index (χ4v) is 2.18. The molecule has 0 N–H and O–H groups in total. The van der Waals surface area contributed by atoms with E-state index in [0.717, 1.165) is 5.56 Å². The highest BCUT2D eigenvalue weighted by Gasteiger charge is 2.10. The van der Waals surface area contributed by atoms with Gasteiger partial charge >= 0.3 is 0 Å². The standard InChI is InChI=1S/C13H13N3OS/c1-9(2)12-15-16-13(17-12)18-8-11-6-4-3-5-10(11)7-14/h3-6,9H,8H2,1-2H3. The van der Waals surface area contributed by atoms with E-state index >= 15 is 0 Å². The van der Waals surface area contributed by atoms with Crippen LogP contribution in [0.3, 0.4) is 0 Å². The molecule has 0 saturated carbocycles. The van der Waals surface area contributed by atoms with Crippen LogP contribution in [-0.2, 0) is 5.75 Å². The Kier molecular flexibility index (Phi) is 4.00. The van der Waals surface area contributed by atoms with Crippen molar-refractivity contribution in [3.63, 3.8) is 0 Å². The summed E-state index contributed by atoms with van der Waals surface area (Å²) < 4.78 is 5.50. The predicted molar refractivity (Wildman–Crippen MR) is 69.1 cm³/mol. The topological polar surface area (TPSA) is 62.7 Å². The van der Waals surface area contributed by atoms with E-state index in [1.165, 1.54) is 11.8 Å². The molecule has 0 aliphatic carbocycles. The summed E-state index contributed by atoms with van der Waals surface area (Å²) in [5.41, 5.74) is 1.67. The van der Waals surface area contributed by atoms with Crippen LogP contribution in [0.25, 0.3) is 0 Å². The summed E-state index contributed by atoms with van der Waals surface area (Å²) in [6.07, 6.45) is 0. The normalized spacial score (nSPS) is 10.6. The molecule has 0 saturated heterocycles. The second kappa shape index (κ2) is 5.69. The second-order valence-corrected chi connectivity index (χ2v) is 5.05. The van der Waals surface area contributed by atoms with Gasteiger partial charge in [0.15, 0.2) is 0 Å². The van der Waals surface area contributed by atoms with Gasteiger partial charge in [0.05, 0.1) is 11.6 Å². The van der Waals surface area contributed by atoms with Gasteiger partial charge in [-0.25, -0.2) is 0 Å². The van der Waals surface area contributed by atoms with E-state index in [9.17, 15) is 0 Å². The summed E-state index contributed by atoms with van der Waals surface area (Å²) in [5, 5.41) is 17.5. The molecule has 0 aliphatic heterocycles. The highest BCUT2D eigenvalue weighted by atomic mass is 32.2. The van der Waals surface area contributed by atoms with E-state index in [-0.39, 0.29) is 5.92 Å². The largest absolute Gasteiger partial charge is 0.416 e. The van der Waals surface area contributed by atoms with Crippen molar-refractivity contribution in [1.29, 1.82) is 5.26 Å². The van der Waals surface area contributed by atoms with Crippen LogP contribution in [0.1, 0.15) is 36.8 Å². The van der Waals surface area contributed by atoms with Crippen molar-refractivity contribution in [1.82, 2.24) is 10.2 Å². The summed E-state index contributed by atoms with van der Waals surface area (Å²) >= 11 is 1.45. The molecule has 18 heavy (non-hydrogen) atoms. The Morgan fingerprint density at radius 2 is 2.11 bits per heavy atom. The third kappa shape index (κ3) is 2.90. The van der Waals surface area contributed by atoms with Gasteiger partial charge in [-0.15, -0.1) is 10.2 Å². The minimum Gasteiger partial charge on any atom is -0.416 e. The minimum absolute atomic E-state index is 0.234. The van der Waals surface area contributed by atoms with E-state index in [1.54, 1.807) is 0 Å². The summed E-state index contributed by atoms with van der Waals surface area (Å²) in [6.45, 7) is 4.01. The summed E-state index contributed by atoms with van der Waals surface area (Å²) in [5.74, 6) is 1.54. The van der Waals surface area contributed by atoms with Crippen LogP contribution >= 0.6 is 11.8 Å². The van der Waals surface area contributed by atoms with Crippen LogP contribution in [0.2, 0.25) is 0 Å². The van der Waals surface area contributed by atoms with Gasteiger partial charge in [-0.05, 0) is 11.6 Å². The maximum absolute atomic E-state index is 8.98. The number of hydrogen-bond acceptors (Lipinski definition) is 5. The monoisotopic (exact) mass is 259 g/mol. The Hall–Kier alpha value is -1.80. The maximum atomic E-state index is 8.98. The van der Waals surface area contributed by atoms with Crippen molar-refractivity contribution >= 4 is 11.8 Å². The van der Waals surface area contributed by atoms with E-state index in [1.807, 2.05) is 38.1 Å². The first-order chi connectivity index (χ1) is 8.70. The molecule has 4 nitrogen and oxygen atoms in total. The number of thioether (sulfide) groups is 1. The zero-order chi connectivity index (χ0) is 13.0. The lowest BCUT2D eigenvalue weighted by molar-refractivity contribution is 0.398. The van der Waals surface area contributed by atoms with Gasteiger partial charge in [0.25, 0.3) is 5.22 Å². The van der Waals surface area contributed by atoms with Crippen LogP contribution in [0.15, 0.2) is 33.9 Å². The highest BCUT2D eigenvalue weighted by Crippen LogP contribution is 2.24. The molecule has 0 spiro atoms. The Morgan fingerprint density at radius 1 is 1.33 bits per heavy atom. The molecule has 0 aliphatic rings. The Morgan fingerprint density at radius 3 is 2.78 bits per heavy atom. The number of nitrogens with zero attached hydrogens (tertiary/aromatic N) is 3. The molecule has 1 aromatic heterocycles. The Bertz CT molecular complexity index is 572. The third-order valence-electron chi connectivity index (χ3n) is 2.40. The lowest BCUT2D eigenvalue weighted by Crippen LogP contribution is -1.86. The van der Waals surface area contributed by atoms with Crippen LogP contribution in [0, 0.1) is 11.3 Å². The maximum Gasteiger partial charge on any atom is 0.276 e. The first kappa shape index (κ1) is 12.7. The average molecular weight is 259 g/mol. The molecule has 2 rings (SSSR count). The van der Waals surface area contributed by atoms with E-state index in [2.05, 4.69) is 16.3 Å². The minimum atomic E-state index is 0.234. The van der Waals surface area contributed by atoms with Crippen LogP contribution in [0.5, 0.6) is 0 Å². The van der Waals surface area contributed by atoms with E-state index < -0.39 is 0 Å². The quantitative estimate of drug-likeness (QED) is 0.788. The van der Waals surface area contributed by atoms with Gasteiger partial charge in [0.1, 0.15) is 0 Å². The van der Waals surface area contributed by atoms with Crippen molar-refractivity contribution in [3.8, 4) is 6.07 Å². The first-order valence-electron chi connectivity index (χ1n) is 5.65. The highest BCUT2D eigenvalue weighted by molar-refractivity contribution is 7.98. The zero-order valence-electron chi connectivity index (χ0n) is 10.3. The number of rotatable bonds is 4. The van der Waals surface area contributed by atoms with Crippen molar-refractivity contribution in [2.24, 2.45) is 0 Å². The van der Waals surface area contributed by atoms with Gasteiger partial charge in [-0.1, -0.05) is 43.8 Å². The van der Waals surface area contributed by atoms with Gasteiger partial charge in [0.2, 0.25) is 5.89 Å². The molecule has 0 bridgehead atoms. The third-order valence-corrected chi connectivity index (χ3v) is 3.27. The van der Waals surface area contributed by atoms with Crippen LogP contribution in [0.4, 0.5) is 0 Å². The fraction of sp³-hybridized carbons (Fsp3) is 0.308. The van der Waals surface area contributed by atoms with E-state index in [4.69, 9.17) is 9.68 Å². The van der Waals surface area contributed by atoms with Gasteiger partial charge in [-0.2, -0.15) is 5.26 Å². The molecule has 1 heterocycles. The zero-order valence-corrected chi connectivity index (χ0v) is 11.1. The molecule has 2 aromatic rings. The molecular formula is C13H13N3OS. The molecule has 1 aromatic carbocycles. The smallest absolute Gasteiger partial charge is 0.276 e. The van der Waals surface area contributed by atoms with Crippen molar-refractivity contribution < 1.29 is 4.42 Å². The summed E-state index contributed by atoms with van der Waals surface area (Å²) in [7, 11) is 0. The van der Waals surface area contributed by atoms with Crippen LogP contribution < -0.4 is 0 Å². The SMILES string of the molecule is CC(C)c1nnc(SCc2ccccc2C#N)o1. The molecule has 5 heteroatoms. The number of aromatic nitrogens is 2. The van der Waals surface area contributed by atoms with Crippen molar-refractivity contribution in [3.05, 3.63) is 41.3 Å². The fourth-order valence-electron chi connectivity index (χ4n) is 1.41. The average Bonchev–Trinajstić information content (AvgIpc) is 2.85. The predicted octanol–water partition coefficient (Wildman–Crippen LogP) is 3.36. The van der Waals surface area contributed by atoms with Gasteiger partial charge < -0.3 is 4.42 Å².